The zero-order valence-electron chi connectivity index (χ0n) is 23.3. The predicted octanol–water partition coefficient (Wildman–Crippen LogP) is -1.43. The summed E-state index contributed by atoms with van der Waals surface area (Å²) in [7, 11) is 0. The summed E-state index contributed by atoms with van der Waals surface area (Å²) < 4.78 is 0. The molecular formula is C26H39N9O6S. The van der Waals surface area contributed by atoms with E-state index in [1.165, 1.54) is 36.4 Å². The molecule has 4 unspecified atom stereocenters. The molecule has 0 bridgehead atoms. The molecule has 0 spiro atoms. The summed E-state index contributed by atoms with van der Waals surface area (Å²) in [6, 6.07) is 1.52. The highest BCUT2D eigenvalue weighted by molar-refractivity contribution is 7.98. The van der Waals surface area contributed by atoms with Gasteiger partial charge in [-0.25, -0.2) is 9.78 Å². The number of carboxylic acids is 1. The van der Waals surface area contributed by atoms with Crippen LogP contribution >= 0.6 is 11.8 Å². The van der Waals surface area contributed by atoms with Crippen LogP contribution in [0.5, 0.6) is 5.75 Å². The lowest BCUT2D eigenvalue weighted by Crippen LogP contribution is -2.58. The first-order valence-electron chi connectivity index (χ1n) is 13.2. The number of aromatic nitrogens is 2. The largest absolute Gasteiger partial charge is 0.508 e. The van der Waals surface area contributed by atoms with Gasteiger partial charge in [-0.1, -0.05) is 12.1 Å². The average Bonchev–Trinajstić information content (AvgIpc) is 3.46. The number of imidazole rings is 1. The standard InChI is InChI=1S/C26H39N9O6S/c1-42-10-8-19(23(38)35-21(25(40)41)11-15-4-6-17(36)7-5-15)33-24(39)20(12-16-13-30-14-32-16)34-22(37)18(27)3-2-9-31-26(28)29/h4-7,13-14,18-21,36H,2-3,8-12,27H2,1H3,(H,30,32)(H,33,39)(H,34,37)(H,35,38)(H,40,41)(H4,28,29,31). The predicted molar refractivity (Wildman–Crippen MR) is 158 cm³/mol. The third kappa shape index (κ3) is 12.1. The number of aromatic hydroxyl groups is 1. The molecule has 0 radical (unpaired) electrons. The lowest BCUT2D eigenvalue weighted by atomic mass is 10.0. The monoisotopic (exact) mass is 605 g/mol. The Hall–Kier alpha value is -4.31. The van der Waals surface area contributed by atoms with Crippen LogP contribution in [0.3, 0.4) is 0 Å². The van der Waals surface area contributed by atoms with E-state index in [9.17, 15) is 29.4 Å². The fourth-order valence-electron chi connectivity index (χ4n) is 3.87. The molecule has 15 nitrogen and oxygen atoms in total. The van der Waals surface area contributed by atoms with Gasteiger partial charge < -0.3 is 48.3 Å². The van der Waals surface area contributed by atoms with E-state index in [0.29, 0.717) is 23.4 Å². The quantitative estimate of drug-likeness (QED) is 0.0540. The fraction of sp³-hybridized carbons (Fsp3) is 0.462. The molecule has 1 heterocycles. The summed E-state index contributed by atoms with van der Waals surface area (Å²) in [6.07, 6.45) is 5.67. The Morgan fingerprint density at radius 1 is 0.976 bits per heavy atom. The molecule has 0 aliphatic heterocycles. The number of aromatic amines is 1. The Morgan fingerprint density at radius 2 is 1.62 bits per heavy atom. The Bertz CT molecular complexity index is 1190. The molecule has 12 N–H and O–H groups in total. The van der Waals surface area contributed by atoms with Crippen molar-refractivity contribution in [3.8, 4) is 5.75 Å². The van der Waals surface area contributed by atoms with E-state index in [0.717, 1.165) is 0 Å². The van der Waals surface area contributed by atoms with Crippen LogP contribution < -0.4 is 33.2 Å². The number of nitrogens with one attached hydrogen (secondary N) is 4. The number of phenolic OH excluding ortho intramolecular Hbond substituents is 1. The second-order valence-electron chi connectivity index (χ2n) is 9.51. The molecule has 3 amide bonds. The Kier molecular flexibility index (Phi) is 14.1. The van der Waals surface area contributed by atoms with Crippen molar-refractivity contribution in [1.82, 2.24) is 25.9 Å². The molecule has 1 aromatic carbocycles. The molecule has 16 heteroatoms. The highest BCUT2D eigenvalue weighted by Crippen LogP contribution is 2.12. The van der Waals surface area contributed by atoms with Crippen LogP contribution in [0, 0.1) is 0 Å². The number of carbonyl (C=O) groups is 4. The number of H-pyrrole nitrogens is 1. The minimum atomic E-state index is -1.28. The number of phenols is 1. The molecule has 2 aromatic rings. The van der Waals surface area contributed by atoms with E-state index in [2.05, 4.69) is 30.9 Å². The van der Waals surface area contributed by atoms with Crippen molar-refractivity contribution in [3.63, 3.8) is 0 Å². The molecule has 4 atom stereocenters. The maximum absolute atomic E-state index is 13.4. The molecule has 0 saturated carbocycles. The fourth-order valence-corrected chi connectivity index (χ4v) is 4.34. The van der Waals surface area contributed by atoms with Crippen LogP contribution in [0.2, 0.25) is 0 Å². The van der Waals surface area contributed by atoms with E-state index < -0.39 is 47.9 Å². The second-order valence-corrected chi connectivity index (χ2v) is 10.5. The molecule has 0 aliphatic carbocycles. The van der Waals surface area contributed by atoms with Gasteiger partial charge in [0.2, 0.25) is 17.7 Å². The van der Waals surface area contributed by atoms with Crippen LogP contribution in [-0.4, -0.2) is 92.6 Å². The maximum Gasteiger partial charge on any atom is 0.326 e. The highest BCUT2D eigenvalue weighted by Gasteiger charge is 2.30. The summed E-state index contributed by atoms with van der Waals surface area (Å²) in [5.74, 6) is -2.73. The Morgan fingerprint density at radius 3 is 2.21 bits per heavy atom. The number of aliphatic carboxylic acids is 1. The summed E-state index contributed by atoms with van der Waals surface area (Å²) in [5, 5.41) is 27.0. The molecule has 0 aliphatic rings. The molecule has 0 saturated heterocycles. The number of hydrogen-bond donors (Lipinski definition) is 9. The Balaban J connectivity index is 2.13. The molecule has 0 fully saturated rings. The summed E-state index contributed by atoms with van der Waals surface area (Å²) in [6.45, 7) is 0.289. The minimum absolute atomic E-state index is 0.0261. The van der Waals surface area contributed by atoms with Gasteiger partial charge in [-0.3, -0.25) is 19.4 Å². The zero-order valence-corrected chi connectivity index (χ0v) is 24.1. The molecule has 2 rings (SSSR count). The SMILES string of the molecule is CSCCC(NC(=O)C(Cc1cnc[nH]1)NC(=O)C(N)CCCN=C(N)N)C(=O)NC(Cc1ccc(O)cc1)C(=O)O. The number of benzene rings is 1. The lowest BCUT2D eigenvalue weighted by molar-refractivity contribution is -0.142. The van der Waals surface area contributed by atoms with Gasteiger partial charge >= 0.3 is 5.97 Å². The maximum atomic E-state index is 13.4. The second kappa shape index (κ2) is 17.5. The number of thioether (sulfide) groups is 1. The number of rotatable bonds is 18. The van der Waals surface area contributed by atoms with Crippen molar-refractivity contribution in [2.45, 2.75) is 56.3 Å². The number of aliphatic imine (C=N–C) groups is 1. The van der Waals surface area contributed by atoms with Crippen LogP contribution in [0.15, 0.2) is 41.8 Å². The van der Waals surface area contributed by atoms with E-state index in [-0.39, 0.29) is 43.9 Å². The first-order valence-corrected chi connectivity index (χ1v) is 14.6. The van der Waals surface area contributed by atoms with E-state index in [1.807, 2.05) is 6.26 Å². The van der Waals surface area contributed by atoms with Gasteiger partial charge in [0.1, 0.15) is 23.9 Å². The van der Waals surface area contributed by atoms with Gasteiger partial charge in [0.15, 0.2) is 5.96 Å². The van der Waals surface area contributed by atoms with Gasteiger partial charge in [-0.2, -0.15) is 11.8 Å². The number of carbonyl (C=O) groups excluding carboxylic acids is 3. The molecular weight excluding hydrogens is 566 g/mol. The third-order valence-corrected chi connectivity index (χ3v) is 6.79. The number of nitrogens with two attached hydrogens (primary N) is 3. The van der Waals surface area contributed by atoms with Gasteiger partial charge in [-0.15, -0.1) is 0 Å². The minimum Gasteiger partial charge on any atom is -0.508 e. The van der Waals surface area contributed by atoms with Gasteiger partial charge in [0, 0.05) is 31.3 Å². The highest BCUT2D eigenvalue weighted by atomic mass is 32.2. The first kappa shape index (κ1) is 33.9. The summed E-state index contributed by atoms with van der Waals surface area (Å²) in [4.78, 5) is 62.0. The van der Waals surface area contributed by atoms with E-state index in [1.54, 1.807) is 12.1 Å². The third-order valence-electron chi connectivity index (χ3n) is 6.15. The van der Waals surface area contributed by atoms with Crippen molar-refractivity contribution in [2.24, 2.45) is 22.2 Å². The van der Waals surface area contributed by atoms with E-state index >= 15 is 0 Å². The topological polar surface area (TPSA) is 264 Å². The average molecular weight is 606 g/mol. The smallest absolute Gasteiger partial charge is 0.326 e. The normalized spacial score (nSPS) is 13.7. The van der Waals surface area contributed by atoms with Crippen molar-refractivity contribution >= 4 is 41.4 Å². The number of guanidine groups is 1. The van der Waals surface area contributed by atoms with Crippen LogP contribution in [0.1, 0.15) is 30.5 Å². The lowest BCUT2D eigenvalue weighted by Gasteiger charge is -2.25. The van der Waals surface area contributed by atoms with Crippen molar-refractivity contribution in [2.75, 3.05) is 18.6 Å². The van der Waals surface area contributed by atoms with Crippen molar-refractivity contribution in [3.05, 3.63) is 48.0 Å². The van der Waals surface area contributed by atoms with Gasteiger partial charge in [0.25, 0.3) is 0 Å². The number of amides is 3. The van der Waals surface area contributed by atoms with Crippen molar-refractivity contribution in [1.29, 1.82) is 0 Å². The van der Waals surface area contributed by atoms with Gasteiger partial charge in [-0.05, 0) is 49.0 Å². The number of carboxylic acid groups (broad SMARTS) is 1. The Labute approximate surface area is 247 Å². The first-order chi connectivity index (χ1) is 20.0. The van der Waals surface area contributed by atoms with E-state index in [4.69, 9.17) is 17.2 Å². The number of hydrogen-bond acceptors (Lipinski definition) is 9. The van der Waals surface area contributed by atoms with Crippen LogP contribution in [-0.2, 0) is 32.0 Å². The molecule has 230 valence electrons. The summed E-state index contributed by atoms with van der Waals surface area (Å²) >= 11 is 1.45. The molecule has 1 aromatic heterocycles. The zero-order chi connectivity index (χ0) is 31.1. The van der Waals surface area contributed by atoms with Crippen LogP contribution in [0.25, 0.3) is 0 Å². The van der Waals surface area contributed by atoms with Crippen LogP contribution in [0.4, 0.5) is 0 Å². The summed E-state index contributed by atoms with van der Waals surface area (Å²) in [5.41, 5.74) is 17.8. The van der Waals surface area contributed by atoms with Crippen molar-refractivity contribution < 1.29 is 29.4 Å². The van der Waals surface area contributed by atoms with Gasteiger partial charge in [0.05, 0.1) is 12.4 Å². The number of nitrogens with zero attached hydrogens (tertiary/aromatic N) is 2. The molecule has 42 heavy (non-hydrogen) atoms.